The summed E-state index contributed by atoms with van der Waals surface area (Å²) in [5.74, 6) is -0.800. The SMILES string of the molecule is COc1ccc(NC(=O)c2cc([N+](=O)[O-])cc([N+](=O)[O-])c2)c([N+](=O)[O-])c1. The number of non-ortho nitro benzene ring substituents is 2. The van der Waals surface area contributed by atoms with E-state index in [1.54, 1.807) is 0 Å². The van der Waals surface area contributed by atoms with Gasteiger partial charge in [-0.25, -0.2) is 0 Å². The van der Waals surface area contributed by atoms with E-state index in [1.807, 2.05) is 0 Å². The van der Waals surface area contributed by atoms with Gasteiger partial charge in [-0.2, -0.15) is 0 Å². The smallest absolute Gasteiger partial charge is 0.296 e. The molecule has 2 rings (SSSR count). The molecule has 2 aromatic rings. The molecular weight excluding hydrogens is 352 g/mol. The molecule has 26 heavy (non-hydrogen) atoms. The molecule has 0 aromatic heterocycles. The highest BCUT2D eigenvalue weighted by molar-refractivity contribution is 6.06. The fourth-order valence-electron chi connectivity index (χ4n) is 2.03. The molecule has 12 heteroatoms. The Morgan fingerprint density at radius 3 is 1.96 bits per heavy atom. The average Bonchev–Trinajstić information content (AvgIpc) is 2.61. The first kappa shape index (κ1) is 18.3. The van der Waals surface area contributed by atoms with E-state index in [0.717, 1.165) is 18.2 Å². The first-order chi connectivity index (χ1) is 12.2. The van der Waals surface area contributed by atoms with Crippen LogP contribution < -0.4 is 10.1 Å². The number of methoxy groups -OCH3 is 1. The molecule has 1 amide bonds. The van der Waals surface area contributed by atoms with E-state index in [-0.39, 0.29) is 11.4 Å². The van der Waals surface area contributed by atoms with Crippen molar-refractivity contribution >= 4 is 28.7 Å². The summed E-state index contributed by atoms with van der Waals surface area (Å²) in [7, 11) is 1.31. The van der Waals surface area contributed by atoms with Gasteiger partial charge in [0, 0.05) is 12.1 Å². The number of carbonyl (C=O) groups is 1. The Kier molecular flexibility index (Phi) is 5.06. The normalized spacial score (nSPS) is 10.0. The molecule has 1 N–H and O–H groups in total. The van der Waals surface area contributed by atoms with Crippen molar-refractivity contribution in [2.75, 3.05) is 12.4 Å². The first-order valence-electron chi connectivity index (χ1n) is 6.80. The summed E-state index contributed by atoms with van der Waals surface area (Å²) in [4.78, 5) is 42.6. The Labute approximate surface area is 144 Å². The van der Waals surface area contributed by atoms with Crippen LogP contribution in [0.1, 0.15) is 10.4 Å². The predicted molar refractivity (Wildman–Crippen MR) is 87.4 cm³/mol. The topological polar surface area (TPSA) is 168 Å². The highest BCUT2D eigenvalue weighted by atomic mass is 16.6. The van der Waals surface area contributed by atoms with Gasteiger partial charge in [-0.05, 0) is 12.1 Å². The van der Waals surface area contributed by atoms with Gasteiger partial charge in [0.05, 0.1) is 39.6 Å². The summed E-state index contributed by atoms with van der Waals surface area (Å²) in [6, 6.07) is 6.01. The van der Waals surface area contributed by atoms with E-state index in [9.17, 15) is 35.1 Å². The zero-order chi connectivity index (χ0) is 19.4. The predicted octanol–water partition coefficient (Wildman–Crippen LogP) is 2.67. The molecule has 0 bridgehead atoms. The monoisotopic (exact) mass is 362 g/mol. The van der Waals surface area contributed by atoms with Crippen LogP contribution in [0, 0.1) is 30.3 Å². The zero-order valence-corrected chi connectivity index (χ0v) is 13.1. The molecule has 0 radical (unpaired) electrons. The summed E-state index contributed by atoms with van der Waals surface area (Å²) in [5.41, 5.74) is -2.38. The fraction of sp³-hybridized carbons (Fsp3) is 0.0714. The highest BCUT2D eigenvalue weighted by Crippen LogP contribution is 2.30. The summed E-state index contributed by atoms with van der Waals surface area (Å²) < 4.78 is 4.87. The maximum absolute atomic E-state index is 12.3. The van der Waals surface area contributed by atoms with E-state index in [0.29, 0.717) is 6.07 Å². The van der Waals surface area contributed by atoms with Crippen molar-refractivity contribution in [2.45, 2.75) is 0 Å². The molecule has 0 saturated heterocycles. The maximum atomic E-state index is 12.3. The van der Waals surface area contributed by atoms with E-state index in [1.165, 1.54) is 19.2 Å². The zero-order valence-electron chi connectivity index (χ0n) is 13.1. The van der Waals surface area contributed by atoms with Crippen LogP contribution in [0.4, 0.5) is 22.7 Å². The number of rotatable bonds is 6. The first-order valence-corrected chi connectivity index (χ1v) is 6.80. The molecule has 0 fully saturated rings. The van der Waals surface area contributed by atoms with Gasteiger partial charge in [0.15, 0.2) is 0 Å². The Bertz CT molecular complexity index is 895. The molecular formula is C14H10N4O8. The van der Waals surface area contributed by atoms with Crippen LogP contribution in [-0.2, 0) is 0 Å². The Morgan fingerprint density at radius 1 is 0.923 bits per heavy atom. The number of nitrogens with zero attached hydrogens (tertiary/aromatic N) is 3. The highest BCUT2D eigenvalue weighted by Gasteiger charge is 2.22. The molecule has 0 spiro atoms. The van der Waals surface area contributed by atoms with Gasteiger partial charge in [-0.15, -0.1) is 0 Å². The minimum atomic E-state index is -0.981. The molecule has 0 aliphatic heterocycles. The molecule has 0 aliphatic carbocycles. The van der Waals surface area contributed by atoms with E-state index in [4.69, 9.17) is 4.74 Å². The van der Waals surface area contributed by atoms with Crippen molar-refractivity contribution in [1.29, 1.82) is 0 Å². The molecule has 0 unspecified atom stereocenters. The minimum absolute atomic E-state index is 0.181. The average molecular weight is 362 g/mol. The number of nitrogens with one attached hydrogen (secondary N) is 1. The van der Waals surface area contributed by atoms with Gasteiger partial charge in [0.1, 0.15) is 11.4 Å². The lowest BCUT2D eigenvalue weighted by Crippen LogP contribution is -2.14. The second kappa shape index (κ2) is 7.21. The molecule has 12 nitrogen and oxygen atoms in total. The number of carbonyl (C=O) groups excluding carboxylic acids is 1. The van der Waals surface area contributed by atoms with Crippen LogP contribution in [0.5, 0.6) is 5.75 Å². The van der Waals surface area contributed by atoms with Crippen LogP contribution in [0.15, 0.2) is 36.4 Å². The van der Waals surface area contributed by atoms with Gasteiger partial charge in [-0.1, -0.05) is 0 Å². The number of hydrogen-bond acceptors (Lipinski definition) is 8. The van der Waals surface area contributed by atoms with Gasteiger partial charge in [0.2, 0.25) is 0 Å². The van der Waals surface area contributed by atoms with Crippen molar-refractivity contribution in [3.05, 3.63) is 72.3 Å². The number of benzene rings is 2. The quantitative estimate of drug-likeness (QED) is 0.604. The lowest BCUT2D eigenvalue weighted by Gasteiger charge is -2.07. The van der Waals surface area contributed by atoms with Crippen LogP contribution in [0.3, 0.4) is 0 Å². The van der Waals surface area contributed by atoms with Crippen molar-refractivity contribution in [3.8, 4) is 5.75 Å². The third kappa shape index (κ3) is 3.87. The number of amides is 1. The van der Waals surface area contributed by atoms with E-state index in [2.05, 4.69) is 5.32 Å². The molecule has 2 aromatic carbocycles. The van der Waals surface area contributed by atoms with Gasteiger partial charge < -0.3 is 10.1 Å². The third-order valence-electron chi connectivity index (χ3n) is 3.24. The van der Waals surface area contributed by atoms with Gasteiger partial charge >= 0.3 is 0 Å². The van der Waals surface area contributed by atoms with Gasteiger partial charge in [0.25, 0.3) is 23.0 Å². The molecule has 0 saturated carbocycles. The number of ether oxygens (including phenoxy) is 1. The Balaban J connectivity index is 2.43. The third-order valence-corrected chi connectivity index (χ3v) is 3.24. The molecule has 0 aliphatic rings. The fourth-order valence-corrected chi connectivity index (χ4v) is 2.03. The van der Waals surface area contributed by atoms with Crippen LogP contribution in [0.2, 0.25) is 0 Å². The van der Waals surface area contributed by atoms with Gasteiger partial charge in [-0.3, -0.25) is 35.1 Å². The Hall–Kier alpha value is -4.09. The summed E-state index contributed by atoms with van der Waals surface area (Å²) in [6.07, 6.45) is 0. The van der Waals surface area contributed by atoms with E-state index < -0.39 is 43.3 Å². The van der Waals surface area contributed by atoms with Crippen molar-refractivity contribution in [3.63, 3.8) is 0 Å². The van der Waals surface area contributed by atoms with Crippen LogP contribution in [-0.4, -0.2) is 27.8 Å². The van der Waals surface area contributed by atoms with Crippen LogP contribution in [0.25, 0.3) is 0 Å². The number of hydrogen-bond donors (Lipinski definition) is 1. The lowest BCUT2D eigenvalue weighted by molar-refractivity contribution is -0.394. The number of nitro benzene ring substituents is 3. The second-order valence-electron chi connectivity index (χ2n) is 4.85. The Morgan fingerprint density at radius 2 is 1.50 bits per heavy atom. The van der Waals surface area contributed by atoms with E-state index >= 15 is 0 Å². The molecule has 0 atom stereocenters. The number of anilines is 1. The molecule has 0 heterocycles. The second-order valence-corrected chi connectivity index (χ2v) is 4.85. The summed E-state index contributed by atoms with van der Waals surface area (Å²) in [5, 5.41) is 35.1. The summed E-state index contributed by atoms with van der Waals surface area (Å²) >= 11 is 0. The summed E-state index contributed by atoms with van der Waals surface area (Å²) in [6.45, 7) is 0. The van der Waals surface area contributed by atoms with Crippen molar-refractivity contribution in [1.82, 2.24) is 0 Å². The van der Waals surface area contributed by atoms with Crippen molar-refractivity contribution < 1.29 is 24.3 Å². The lowest BCUT2D eigenvalue weighted by atomic mass is 10.1. The standard InChI is InChI=1S/C14H10N4O8/c1-26-11-2-3-12(13(7-11)18(24)25)15-14(19)8-4-9(16(20)21)6-10(5-8)17(22)23/h2-7H,1H3,(H,15,19). The molecule has 134 valence electrons. The van der Waals surface area contributed by atoms with Crippen molar-refractivity contribution in [2.24, 2.45) is 0 Å². The minimum Gasteiger partial charge on any atom is -0.496 e. The largest absolute Gasteiger partial charge is 0.496 e. The maximum Gasteiger partial charge on any atom is 0.296 e. The van der Waals surface area contributed by atoms with Crippen LogP contribution >= 0.6 is 0 Å². The number of nitro groups is 3.